The lowest BCUT2D eigenvalue weighted by atomic mass is 10.1. The summed E-state index contributed by atoms with van der Waals surface area (Å²) in [7, 11) is 0. The first-order valence-corrected chi connectivity index (χ1v) is 7.02. The molecule has 22 heavy (non-hydrogen) atoms. The predicted octanol–water partition coefficient (Wildman–Crippen LogP) is 1.78. The van der Waals surface area contributed by atoms with Crippen LogP contribution in [0.15, 0.2) is 42.7 Å². The number of nitrogens with one attached hydrogen (secondary N) is 1. The van der Waals surface area contributed by atoms with Gasteiger partial charge in [0.25, 0.3) is 0 Å². The van der Waals surface area contributed by atoms with Crippen molar-refractivity contribution in [1.29, 1.82) is 0 Å². The number of nitrogens with zero attached hydrogens (tertiary/aromatic N) is 2. The SMILES string of the molecule is CC(C)(NC(=O)CCc1cnn(-c2ccccc2)c1)C(=O)O. The van der Waals surface area contributed by atoms with Crippen molar-refractivity contribution >= 4 is 11.9 Å². The fourth-order valence-corrected chi connectivity index (χ4v) is 1.93. The summed E-state index contributed by atoms with van der Waals surface area (Å²) in [6.07, 6.45) is 4.30. The zero-order valence-electron chi connectivity index (χ0n) is 12.6. The van der Waals surface area contributed by atoms with Crippen LogP contribution in [0.1, 0.15) is 25.8 Å². The van der Waals surface area contributed by atoms with Gasteiger partial charge in [-0.15, -0.1) is 0 Å². The Morgan fingerprint density at radius 1 is 1.27 bits per heavy atom. The third-order valence-electron chi connectivity index (χ3n) is 3.28. The van der Waals surface area contributed by atoms with Crippen molar-refractivity contribution in [2.45, 2.75) is 32.2 Å². The number of para-hydroxylation sites is 1. The number of hydrogen-bond donors (Lipinski definition) is 2. The number of aromatic nitrogens is 2. The molecule has 0 aliphatic carbocycles. The van der Waals surface area contributed by atoms with Gasteiger partial charge in [-0.25, -0.2) is 9.48 Å². The molecule has 0 fully saturated rings. The molecule has 2 aromatic rings. The summed E-state index contributed by atoms with van der Waals surface area (Å²) in [5.74, 6) is -1.35. The highest BCUT2D eigenvalue weighted by atomic mass is 16.4. The zero-order valence-corrected chi connectivity index (χ0v) is 12.6. The molecule has 0 bridgehead atoms. The Kier molecular flexibility index (Phi) is 4.60. The molecule has 0 radical (unpaired) electrons. The Labute approximate surface area is 128 Å². The number of carboxylic acids is 1. The van der Waals surface area contributed by atoms with Crippen molar-refractivity contribution < 1.29 is 14.7 Å². The summed E-state index contributed by atoms with van der Waals surface area (Å²) in [5.41, 5.74) is 0.614. The largest absolute Gasteiger partial charge is 0.480 e. The molecule has 1 heterocycles. The number of benzene rings is 1. The molecule has 0 spiro atoms. The first-order chi connectivity index (χ1) is 10.4. The van der Waals surface area contributed by atoms with E-state index in [2.05, 4.69) is 10.4 Å². The average Bonchev–Trinajstić information content (AvgIpc) is 2.94. The lowest BCUT2D eigenvalue weighted by Crippen LogP contribution is -2.49. The van der Waals surface area contributed by atoms with E-state index in [9.17, 15) is 9.59 Å². The van der Waals surface area contributed by atoms with Gasteiger partial charge >= 0.3 is 5.97 Å². The zero-order chi connectivity index (χ0) is 16.2. The quantitative estimate of drug-likeness (QED) is 0.852. The molecular weight excluding hydrogens is 282 g/mol. The van der Waals surface area contributed by atoms with Crippen molar-refractivity contribution in [3.63, 3.8) is 0 Å². The lowest BCUT2D eigenvalue weighted by Gasteiger charge is -2.20. The van der Waals surface area contributed by atoms with Crippen LogP contribution in [0, 0.1) is 0 Å². The maximum Gasteiger partial charge on any atom is 0.328 e. The van der Waals surface area contributed by atoms with Gasteiger partial charge in [0.1, 0.15) is 5.54 Å². The molecule has 2 rings (SSSR count). The first kappa shape index (κ1) is 15.8. The second-order valence-electron chi connectivity index (χ2n) is 5.61. The summed E-state index contributed by atoms with van der Waals surface area (Å²) in [6.45, 7) is 2.92. The third-order valence-corrected chi connectivity index (χ3v) is 3.28. The number of aryl methyl sites for hydroxylation is 1. The molecule has 0 saturated heterocycles. The Balaban J connectivity index is 1.92. The molecule has 0 atom stereocenters. The van der Waals surface area contributed by atoms with Gasteiger partial charge in [0.05, 0.1) is 11.9 Å². The van der Waals surface area contributed by atoms with E-state index >= 15 is 0 Å². The Morgan fingerprint density at radius 3 is 2.59 bits per heavy atom. The topological polar surface area (TPSA) is 84.2 Å². The predicted molar refractivity (Wildman–Crippen MR) is 81.7 cm³/mol. The highest BCUT2D eigenvalue weighted by Crippen LogP contribution is 2.10. The molecule has 116 valence electrons. The van der Waals surface area contributed by atoms with E-state index < -0.39 is 11.5 Å². The summed E-state index contributed by atoms with van der Waals surface area (Å²) in [4.78, 5) is 22.8. The van der Waals surface area contributed by atoms with Gasteiger partial charge in [0.2, 0.25) is 5.91 Å². The molecule has 6 nitrogen and oxygen atoms in total. The van der Waals surface area contributed by atoms with E-state index in [1.165, 1.54) is 13.8 Å². The second-order valence-corrected chi connectivity index (χ2v) is 5.61. The third kappa shape index (κ3) is 3.94. The van der Waals surface area contributed by atoms with Crippen LogP contribution in [0.2, 0.25) is 0 Å². The van der Waals surface area contributed by atoms with E-state index in [0.29, 0.717) is 6.42 Å². The summed E-state index contributed by atoms with van der Waals surface area (Å²) >= 11 is 0. The number of rotatable bonds is 6. The normalized spacial score (nSPS) is 11.2. The second kappa shape index (κ2) is 6.43. The molecule has 6 heteroatoms. The highest BCUT2D eigenvalue weighted by Gasteiger charge is 2.28. The molecule has 0 aliphatic heterocycles. The van der Waals surface area contributed by atoms with Crippen LogP contribution in [0.25, 0.3) is 5.69 Å². The van der Waals surface area contributed by atoms with Gasteiger partial charge in [-0.3, -0.25) is 4.79 Å². The molecule has 2 N–H and O–H groups in total. The summed E-state index contributed by atoms with van der Waals surface area (Å²) < 4.78 is 1.74. The van der Waals surface area contributed by atoms with Gasteiger partial charge < -0.3 is 10.4 Å². The average molecular weight is 301 g/mol. The first-order valence-electron chi connectivity index (χ1n) is 7.02. The standard InChI is InChI=1S/C16H19N3O3/c1-16(2,15(21)22)18-14(20)9-8-12-10-17-19(11-12)13-6-4-3-5-7-13/h3-7,10-11H,8-9H2,1-2H3,(H,18,20)(H,21,22). The van der Waals surface area contributed by atoms with Crippen LogP contribution in [-0.4, -0.2) is 32.3 Å². The molecule has 1 aromatic carbocycles. The molecule has 1 amide bonds. The number of carbonyl (C=O) groups is 2. The molecule has 0 aliphatic rings. The van der Waals surface area contributed by atoms with Crippen molar-refractivity contribution in [3.8, 4) is 5.69 Å². The molecule has 0 saturated carbocycles. The minimum atomic E-state index is -1.26. The Hall–Kier alpha value is -2.63. The molecule has 1 aromatic heterocycles. The van der Waals surface area contributed by atoms with Crippen LogP contribution in [0.5, 0.6) is 0 Å². The monoisotopic (exact) mass is 301 g/mol. The van der Waals surface area contributed by atoms with Crippen molar-refractivity contribution in [2.24, 2.45) is 0 Å². The van der Waals surface area contributed by atoms with Gasteiger partial charge in [-0.05, 0) is 38.0 Å². The van der Waals surface area contributed by atoms with Crippen LogP contribution < -0.4 is 5.32 Å². The smallest absolute Gasteiger partial charge is 0.328 e. The van der Waals surface area contributed by atoms with E-state index in [0.717, 1.165) is 11.3 Å². The molecule has 0 unspecified atom stereocenters. The van der Waals surface area contributed by atoms with Crippen LogP contribution >= 0.6 is 0 Å². The number of carbonyl (C=O) groups excluding carboxylic acids is 1. The van der Waals surface area contributed by atoms with E-state index in [4.69, 9.17) is 5.11 Å². The van der Waals surface area contributed by atoms with Crippen LogP contribution in [0.3, 0.4) is 0 Å². The van der Waals surface area contributed by atoms with Crippen LogP contribution in [0.4, 0.5) is 0 Å². The number of amides is 1. The lowest BCUT2D eigenvalue weighted by molar-refractivity contribution is -0.146. The number of aliphatic carboxylic acids is 1. The Bertz CT molecular complexity index is 662. The van der Waals surface area contributed by atoms with Crippen LogP contribution in [-0.2, 0) is 16.0 Å². The van der Waals surface area contributed by atoms with Gasteiger partial charge in [0, 0.05) is 12.6 Å². The van der Waals surface area contributed by atoms with Crippen molar-refractivity contribution in [2.75, 3.05) is 0 Å². The van der Waals surface area contributed by atoms with Crippen molar-refractivity contribution in [3.05, 3.63) is 48.3 Å². The maximum atomic E-state index is 11.8. The van der Waals surface area contributed by atoms with Gasteiger partial charge in [0.15, 0.2) is 0 Å². The fraction of sp³-hybridized carbons (Fsp3) is 0.312. The minimum absolute atomic E-state index is 0.219. The minimum Gasteiger partial charge on any atom is -0.480 e. The molecular formula is C16H19N3O3. The fourth-order valence-electron chi connectivity index (χ4n) is 1.93. The van der Waals surface area contributed by atoms with E-state index in [-0.39, 0.29) is 12.3 Å². The van der Waals surface area contributed by atoms with E-state index in [1.807, 2.05) is 36.5 Å². The summed E-state index contributed by atoms with van der Waals surface area (Å²) in [5, 5.41) is 15.7. The summed E-state index contributed by atoms with van der Waals surface area (Å²) in [6, 6.07) is 9.68. The Morgan fingerprint density at radius 2 is 1.95 bits per heavy atom. The number of hydrogen-bond acceptors (Lipinski definition) is 3. The van der Waals surface area contributed by atoms with E-state index in [1.54, 1.807) is 10.9 Å². The van der Waals surface area contributed by atoms with Crippen molar-refractivity contribution in [1.82, 2.24) is 15.1 Å². The highest BCUT2D eigenvalue weighted by molar-refractivity contribution is 5.86. The van der Waals surface area contributed by atoms with Gasteiger partial charge in [-0.2, -0.15) is 5.10 Å². The maximum absolute atomic E-state index is 11.8. The van der Waals surface area contributed by atoms with Gasteiger partial charge in [-0.1, -0.05) is 18.2 Å². The number of carboxylic acid groups (broad SMARTS) is 1.